The second-order valence-electron chi connectivity index (χ2n) is 4.95. The van der Waals surface area contributed by atoms with Gasteiger partial charge in [-0.1, -0.05) is 0 Å². The molecule has 0 bridgehead atoms. The van der Waals surface area contributed by atoms with Gasteiger partial charge in [0.05, 0.1) is 7.11 Å². The molecule has 1 aliphatic heterocycles. The van der Waals surface area contributed by atoms with Gasteiger partial charge in [0.25, 0.3) is 0 Å². The molecular weight excluding hydrogens is 229 g/mol. The Hall–Kier alpha value is -1.33. The molecule has 0 aromatic carbocycles. The first-order valence-electron chi connectivity index (χ1n) is 5.48. The van der Waals surface area contributed by atoms with Crippen LogP contribution in [0.2, 0.25) is 0 Å². The van der Waals surface area contributed by atoms with Crippen LogP contribution in [0.15, 0.2) is 0 Å². The van der Waals surface area contributed by atoms with E-state index in [0.29, 0.717) is 0 Å². The molecule has 0 radical (unpaired) electrons. The summed E-state index contributed by atoms with van der Waals surface area (Å²) in [4.78, 5) is 24.2. The fourth-order valence-corrected chi connectivity index (χ4v) is 1.68. The first kappa shape index (κ1) is 13.7. The molecule has 0 N–H and O–H groups in total. The van der Waals surface area contributed by atoms with E-state index in [9.17, 15) is 14.0 Å². The number of hydrogen-bond donors (Lipinski definition) is 0. The van der Waals surface area contributed by atoms with Gasteiger partial charge < -0.3 is 9.47 Å². The summed E-state index contributed by atoms with van der Waals surface area (Å²) in [7, 11) is 1.17. The van der Waals surface area contributed by atoms with Crippen molar-refractivity contribution < 1.29 is 23.5 Å². The lowest BCUT2D eigenvalue weighted by Gasteiger charge is -2.27. The molecule has 1 aliphatic rings. The Morgan fingerprint density at radius 2 is 1.94 bits per heavy atom. The zero-order chi connectivity index (χ0) is 13.2. The number of halogens is 1. The summed E-state index contributed by atoms with van der Waals surface area (Å²) in [6.45, 7) is 5.29. The maximum absolute atomic E-state index is 13.5. The number of methoxy groups -OCH3 is 1. The first-order valence-corrected chi connectivity index (χ1v) is 5.48. The van der Waals surface area contributed by atoms with Crippen molar-refractivity contribution >= 4 is 12.1 Å². The minimum atomic E-state index is -1.39. The van der Waals surface area contributed by atoms with Crippen LogP contribution < -0.4 is 0 Å². The minimum absolute atomic E-state index is 0.124. The summed E-state index contributed by atoms with van der Waals surface area (Å²) < 4.78 is 23.1. The largest absolute Gasteiger partial charge is 0.467 e. The number of rotatable bonds is 1. The van der Waals surface area contributed by atoms with Crippen molar-refractivity contribution in [3.8, 4) is 0 Å². The topological polar surface area (TPSA) is 55.8 Å². The summed E-state index contributed by atoms with van der Waals surface area (Å²) in [6.07, 6.45) is -1.96. The van der Waals surface area contributed by atoms with Crippen molar-refractivity contribution in [2.24, 2.45) is 0 Å². The zero-order valence-corrected chi connectivity index (χ0v) is 10.5. The number of ether oxygens (including phenoxy) is 2. The number of esters is 1. The van der Waals surface area contributed by atoms with Crippen molar-refractivity contribution in [3.05, 3.63) is 0 Å². The second kappa shape index (κ2) is 4.89. The highest BCUT2D eigenvalue weighted by atomic mass is 19.1. The summed E-state index contributed by atoms with van der Waals surface area (Å²) >= 11 is 0. The van der Waals surface area contributed by atoms with E-state index in [4.69, 9.17) is 4.74 Å². The van der Waals surface area contributed by atoms with Crippen LogP contribution >= 0.6 is 0 Å². The average molecular weight is 247 g/mol. The number of hydrogen-bond acceptors (Lipinski definition) is 4. The number of amides is 1. The lowest BCUT2D eigenvalue weighted by molar-refractivity contribution is -0.147. The highest BCUT2D eigenvalue weighted by molar-refractivity contribution is 5.82. The van der Waals surface area contributed by atoms with E-state index in [1.807, 2.05) is 0 Å². The highest BCUT2D eigenvalue weighted by Crippen LogP contribution is 2.24. The van der Waals surface area contributed by atoms with Gasteiger partial charge in [-0.25, -0.2) is 14.0 Å². The third-order valence-corrected chi connectivity index (χ3v) is 2.39. The molecule has 5 nitrogen and oxygen atoms in total. The minimum Gasteiger partial charge on any atom is -0.467 e. The number of carbonyl (C=O) groups is 2. The molecular formula is C11H18FNO4. The molecule has 1 fully saturated rings. The van der Waals surface area contributed by atoms with E-state index < -0.39 is 29.9 Å². The number of likely N-dealkylation sites (tertiary alicyclic amines) is 1. The predicted octanol–water partition coefficient (Wildman–Crippen LogP) is 1.51. The molecule has 17 heavy (non-hydrogen) atoms. The van der Waals surface area contributed by atoms with Crippen LogP contribution in [0, 0.1) is 0 Å². The van der Waals surface area contributed by atoms with Gasteiger partial charge in [0, 0.05) is 6.54 Å². The molecule has 0 saturated carbocycles. The molecule has 0 spiro atoms. The van der Waals surface area contributed by atoms with Gasteiger partial charge in [-0.2, -0.15) is 0 Å². The van der Waals surface area contributed by atoms with Crippen LogP contribution in [0.5, 0.6) is 0 Å². The standard InChI is InChI=1S/C11H18FNO4/c1-11(2,3)17-10(15)13-6-5-7(12)8(13)9(14)16-4/h7-8H,5-6H2,1-4H3. The van der Waals surface area contributed by atoms with Crippen molar-refractivity contribution in [2.45, 2.75) is 45.0 Å². The van der Waals surface area contributed by atoms with E-state index in [0.717, 1.165) is 4.90 Å². The van der Waals surface area contributed by atoms with E-state index >= 15 is 0 Å². The second-order valence-corrected chi connectivity index (χ2v) is 4.95. The monoisotopic (exact) mass is 247 g/mol. The van der Waals surface area contributed by atoms with E-state index in [-0.39, 0.29) is 13.0 Å². The smallest absolute Gasteiger partial charge is 0.411 e. The Kier molecular flexibility index (Phi) is 3.95. The Balaban J connectivity index is 2.76. The van der Waals surface area contributed by atoms with Crippen molar-refractivity contribution in [1.82, 2.24) is 4.90 Å². The lowest BCUT2D eigenvalue weighted by atomic mass is 10.2. The van der Waals surface area contributed by atoms with E-state index in [2.05, 4.69) is 4.74 Å². The highest BCUT2D eigenvalue weighted by Gasteiger charge is 2.44. The SMILES string of the molecule is COC(=O)C1C(F)CCN1C(=O)OC(C)(C)C. The van der Waals surface area contributed by atoms with E-state index in [1.165, 1.54) is 7.11 Å². The number of alkyl halides is 1. The Morgan fingerprint density at radius 3 is 2.41 bits per heavy atom. The molecule has 2 unspecified atom stereocenters. The van der Waals surface area contributed by atoms with Gasteiger partial charge in [-0.05, 0) is 27.2 Å². The summed E-state index contributed by atoms with van der Waals surface area (Å²) in [5.74, 6) is -0.749. The van der Waals surface area contributed by atoms with Crippen LogP contribution in [-0.2, 0) is 14.3 Å². The van der Waals surface area contributed by atoms with Gasteiger partial charge in [0.15, 0.2) is 6.04 Å². The third-order valence-electron chi connectivity index (χ3n) is 2.39. The van der Waals surface area contributed by atoms with Crippen LogP contribution in [0.1, 0.15) is 27.2 Å². The lowest BCUT2D eigenvalue weighted by Crippen LogP contribution is -2.46. The van der Waals surface area contributed by atoms with Crippen LogP contribution in [-0.4, -0.2) is 48.4 Å². The first-order chi connectivity index (χ1) is 7.76. The Labute approximate surface area is 99.9 Å². The Morgan fingerprint density at radius 1 is 1.35 bits per heavy atom. The predicted molar refractivity (Wildman–Crippen MR) is 58.3 cm³/mol. The van der Waals surface area contributed by atoms with Gasteiger partial charge in [0.1, 0.15) is 11.8 Å². The van der Waals surface area contributed by atoms with Gasteiger partial charge in [-0.3, -0.25) is 4.90 Å². The van der Waals surface area contributed by atoms with Crippen LogP contribution in [0.3, 0.4) is 0 Å². The summed E-state index contributed by atoms with van der Waals surface area (Å²) in [5.41, 5.74) is -0.674. The fraction of sp³-hybridized carbons (Fsp3) is 0.818. The van der Waals surface area contributed by atoms with Crippen molar-refractivity contribution in [1.29, 1.82) is 0 Å². The normalized spacial score (nSPS) is 24.6. The molecule has 98 valence electrons. The van der Waals surface area contributed by atoms with Gasteiger partial charge >= 0.3 is 12.1 Å². The van der Waals surface area contributed by atoms with Crippen LogP contribution in [0.4, 0.5) is 9.18 Å². The van der Waals surface area contributed by atoms with Crippen molar-refractivity contribution in [2.75, 3.05) is 13.7 Å². The quantitative estimate of drug-likeness (QED) is 0.659. The molecule has 1 rings (SSSR count). The fourth-order valence-electron chi connectivity index (χ4n) is 1.68. The molecule has 0 aliphatic carbocycles. The number of carbonyl (C=O) groups excluding carboxylic acids is 2. The van der Waals surface area contributed by atoms with Gasteiger partial charge in [-0.15, -0.1) is 0 Å². The third kappa shape index (κ3) is 3.31. The van der Waals surface area contributed by atoms with Crippen LogP contribution in [0.25, 0.3) is 0 Å². The average Bonchev–Trinajstić information content (AvgIpc) is 2.56. The molecule has 0 aromatic rings. The van der Waals surface area contributed by atoms with E-state index in [1.54, 1.807) is 20.8 Å². The molecule has 1 saturated heterocycles. The molecule has 1 heterocycles. The Bertz CT molecular complexity index is 313. The molecule has 0 aromatic heterocycles. The maximum atomic E-state index is 13.5. The molecule has 1 amide bonds. The van der Waals surface area contributed by atoms with Crippen molar-refractivity contribution in [3.63, 3.8) is 0 Å². The summed E-state index contributed by atoms with van der Waals surface area (Å²) in [6, 6.07) is -1.19. The maximum Gasteiger partial charge on any atom is 0.411 e. The molecule has 6 heteroatoms. The molecule has 2 atom stereocenters. The van der Waals surface area contributed by atoms with Gasteiger partial charge in [0.2, 0.25) is 0 Å². The number of nitrogens with zero attached hydrogens (tertiary/aromatic N) is 1. The zero-order valence-electron chi connectivity index (χ0n) is 10.5. The summed E-state index contributed by atoms with van der Waals surface area (Å²) in [5, 5.41) is 0.